The molecule has 0 atom stereocenters. The van der Waals surface area contributed by atoms with E-state index in [9.17, 15) is 0 Å². The lowest BCUT2D eigenvalue weighted by atomic mass is 9.89. The van der Waals surface area contributed by atoms with E-state index < -0.39 is 0 Å². The van der Waals surface area contributed by atoms with Gasteiger partial charge in [0.25, 0.3) is 7.41 Å². The van der Waals surface area contributed by atoms with Crippen molar-refractivity contribution in [2.75, 3.05) is 0 Å². The summed E-state index contributed by atoms with van der Waals surface area (Å²) < 4.78 is 1.83. The molecule has 0 aliphatic carbocycles. The maximum absolute atomic E-state index is 4.16. The van der Waals surface area contributed by atoms with E-state index in [1.165, 1.54) is 5.56 Å². The minimum absolute atomic E-state index is 0.210. The molecule has 0 aliphatic heterocycles. The monoisotopic (exact) mass is 149 g/mol. The maximum atomic E-state index is 4.16. The second-order valence-electron chi connectivity index (χ2n) is 3.72. The molecule has 0 saturated carbocycles. The van der Waals surface area contributed by atoms with Crippen LogP contribution in [0.5, 0.6) is 0 Å². The highest BCUT2D eigenvalue weighted by Gasteiger charge is 2.14. The van der Waals surface area contributed by atoms with Crippen molar-refractivity contribution in [1.82, 2.24) is 9.69 Å². The van der Waals surface area contributed by atoms with Gasteiger partial charge in [0.05, 0.1) is 6.20 Å². The molecule has 3 heteroatoms. The third-order valence-electron chi connectivity index (χ3n) is 1.73. The first-order chi connectivity index (χ1) is 5.04. The highest BCUT2D eigenvalue weighted by molar-refractivity contribution is 6.30. The normalized spacial score (nSPS) is 11.6. The van der Waals surface area contributed by atoms with Crippen molar-refractivity contribution in [1.29, 1.82) is 0 Å². The minimum Gasteiger partial charge on any atom is -0.324 e. The summed E-state index contributed by atoms with van der Waals surface area (Å²) in [5.74, 6) is 0. The Hall–Kier alpha value is -0.725. The van der Waals surface area contributed by atoms with Crippen molar-refractivity contribution in [3.05, 3.63) is 18.0 Å². The number of rotatable bonds is 1. The van der Waals surface area contributed by atoms with Gasteiger partial charge in [-0.15, -0.1) is 0 Å². The molecule has 0 N–H and O–H groups in total. The van der Waals surface area contributed by atoms with Gasteiger partial charge < -0.3 is 4.59 Å². The van der Waals surface area contributed by atoms with Crippen LogP contribution in [0.3, 0.4) is 0 Å². The molecule has 1 heterocycles. The summed E-state index contributed by atoms with van der Waals surface area (Å²) in [7, 11) is 1.94. The summed E-state index contributed by atoms with van der Waals surface area (Å²) in [4.78, 5) is 0. The van der Waals surface area contributed by atoms with E-state index in [-0.39, 0.29) is 5.41 Å². The molecule has 0 bridgehead atoms. The summed E-state index contributed by atoms with van der Waals surface area (Å²) >= 11 is 0. The zero-order valence-electron chi connectivity index (χ0n) is 7.63. The lowest BCUT2D eigenvalue weighted by molar-refractivity contribution is 0.590. The topological polar surface area (TPSA) is 17.8 Å². The first kappa shape index (κ1) is 8.37. The van der Waals surface area contributed by atoms with E-state index in [0.29, 0.717) is 0 Å². The Kier molecular flexibility index (Phi) is 2.07. The van der Waals surface area contributed by atoms with Gasteiger partial charge in [-0.25, -0.2) is 0 Å². The minimum atomic E-state index is 0.210. The second-order valence-corrected chi connectivity index (χ2v) is 3.72. The van der Waals surface area contributed by atoms with Gasteiger partial charge in [-0.05, 0) is 11.0 Å². The molecule has 0 saturated heterocycles. The van der Waals surface area contributed by atoms with Gasteiger partial charge in [0.15, 0.2) is 0 Å². The predicted molar refractivity (Wildman–Crippen MR) is 47.9 cm³/mol. The predicted octanol–water partition coefficient (Wildman–Crippen LogP) is 1.70. The van der Waals surface area contributed by atoms with Crippen LogP contribution in [-0.2, 0) is 5.41 Å². The summed E-state index contributed by atoms with van der Waals surface area (Å²) in [6.45, 7) is 8.53. The molecule has 0 aromatic carbocycles. The zero-order chi connectivity index (χ0) is 8.48. The van der Waals surface area contributed by atoms with Crippen LogP contribution in [0.4, 0.5) is 0 Å². The molecule has 11 heavy (non-hydrogen) atoms. The van der Waals surface area contributed by atoms with E-state index in [2.05, 4.69) is 32.1 Å². The molecular formula is C8H14BN2. The summed E-state index contributed by atoms with van der Waals surface area (Å²) in [6, 6.07) is 0. The smallest absolute Gasteiger partial charge is 0.276 e. The molecule has 2 nitrogen and oxygen atoms in total. The van der Waals surface area contributed by atoms with Crippen LogP contribution in [0, 0.1) is 0 Å². The molecule has 59 valence electrons. The van der Waals surface area contributed by atoms with Crippen LogP contribution < -0.4 is 0 Å². The number of hydrogen-bond donors (Lipinski definition) is 0. The summed E-state index contributed by atoms with van der Waals surface area (Å²) in [5, 5.41) is 4.16. The fraction of sp³-hybridized carbons (Fsp3) is 0.625. The lowest BCUT2D eigenvalue weighted by Crippen LogP contribution is -2.10. The summed E-state index contributed by atoms with van der Waals surface area (Å²) in [5.41, 5.74) is 1.48. The molecule has 0 aliphatic rings. The van der Waals surface area contributed by atoms with Gasteiger partial charge in [0, 0.05) is 6.20 Å². The molecule has 0 amide bonds. The van der Waals surface area contributed by atoms with Crippen LogP contribution in [0.25, 0.3) is 0 Å². The molecule has 0 unspecified atom stereocenters. The lowest BCUT2D eigenvalue weighted by Gasteiger charge is -2.14. The molecular weight excluding hydrogens is 135 g/mol. The SMILES string of the molecule is C[B]n1cc(C(C)(C)C)cn1. The quantitative estimate of drug-likeness (QED) is 0.555. The average Bonchev–Trinajstić information content (AvgIpc) is 2.32. The highest BCUT2D eigenvalue weighted by Crippen LogP contribution is 2.20. The first-order valence-corrected chi connectivity index (χ1v) is 3.88. The Morgan fingerprint density at radius 3 is 2.36 bits per heavy atom. The van der Waals surface area contributed by atoms with Crippen LogP contribution >= 0.6 is 0 Å². The fourth-order valence-corrected chi connectivity index (χ4v) is 0.867. The standard InChI is InChI=1S/C8H14BN2/c1-8(2,3)7-5-10-11(6-7)9-4/h5-6H,1-4H3. The molecule has 1 rings (SSSR count). The van der Waals surface area contributed by atoms with E-state index in [1.54, 1.807) is 0 Å². The maximum Gasteiger partial charge on any atom is 0.276 e. The molecule has 0 fully saturated rings. The molecule has 1 radical (unpaired) electrons. The Labute approximate surface area is 68.9 Å². The fourth-order valence-electron chi connectivity index (χ4n) is 0.867. The van der Waals surface area contributed by atoms with E-state index in [0.717, 1.165) is 0 Å². The number of hydrogen-bond acceptors (Lipinski definition) is 1. The molecule has 1 aromatic heterocycles. The third-order valence-corrected chi connectivity index (χ3v) is 1.73. The van der Waals surface area contributed by atoms with Crippen molar-refractivity contribution in [2.24, 2.45) is 0 Å². The van der Waals surface area contributed by atoms with Crippen molar-refractivity contribution < 1.29 is 0 Å². The van der Waals surface area contributed by atoms with E-state index >= 15 is 0 Å². The van der Waals surface area contributed by atoms with E-state index in [4.69, 9.17) is 0 Å². The molecule has 1 aromatic rings. The second kappa shape index (κ2) is 2.72. The Morgan fingerprint density at radius 1 is 1.45 bits per heavy atom. The summed E-state index contributed by atoms with van der Waals surface area (Å²) in [6.07, 6.45) is 3.97. The van der Waals surface area contributed by atoms with Crippen molar-refractivity contribution in [2.45, 2.75) is 33.0 Å². The third kappa shape index (κ3) is 1.85. The van der Waals surface area contributed by atoms with Crippen molar-refractivity contribution in [3.63, 3.8) is 0 Å². The highest BCUT2D eigenvalue weighted by atomic mass is 15.2. The number of nitrogens with zero attached hydrogens (tertiary/aromatic N) is 2. The Balaban J connectivity index is 2.89. The van der Waals surface area contributed by atoms with Crippen LogP contribution in [0.2, 0.25) is 6.82 Å². The van der Waals surface area contributed by atoms with Gasteiger partial charge in [-0.1, -0.05) is 27.6 Å². The van der Waals surface area contributed by atoms with Gasteiger partial charge in [0.1, 0.15) is 0 Å². The van der Waals surface area contributed by atoms with Crippen LogP contribution in [-0.4, -0.2) is 17.1 Å². The van der Waals surface area contributed by atoms with Gasteiger partial charge in [-0.3, -0.25) is 0 Å². The zero-order valence-corrected chi connectivity index (χ0v) is 7.63. The largest absolute Gasteiger partial charge is 0.324 e. The van der Waals surface area contributed by atoms with Crippen LogP contribution in [0.1, 0.15) is 26.3 Å². The Morgan fingerprint density at radius 2 is 2.09 bits per heavy atom. The Bertz CT molecular complexity index is 234. The van der Waals surface area contributed by atoms with Gasteiger partial charge in [-0.2, -0.15) is 5.10 Å². The van der Waals surface area contributed by atoms with Gasteiger partial charge >= 0.3 is 0 Å². The average molecular weight is 149 g/mol. The first-order valence-electron chi connectivity index (χ1n) is 3.88. The van der Waals surface area contributed by atoms with E-state index in [1.807, 2.05) is 25.0 Å². The van der Waals surface area contributed by atoms with Gasteiger partial charge in [0.2, 0.25) is 0 Å². The van der Waals surface area contributed by atoms with Crippen molar-refractivity contribution in [3.8, 4) is 0 Å². The van der Waals surface area contributed by atoms with Crippen molar-refractivity contribution >= 4 is 7.41 Å². The van der Waals surface area contributed by atoms with Crippen LogP contribution in [0.15, 0.2) is 12.4 Å². The number of aromatic nitrogens is 2. The molecule has 0 spiro atoms.